The standard InChI is InChI=1S/C18H16N4O2S/c1-23-13-7-8-14-15(10-13)20-18(19-14)25-11-17-22-21-16(24-17)9-12-5-3-2-4-6-12/h2-8,10H,9,11H2,1H3,(H,19,20). The molecule has 0 aliphatic rings. The van der Waals surface area contributed by atoms with Crippen molar-refractivity contribution in [3.63, 3.8) is 0 Å². The van der Waals surface area contributed by atoms with Gasteiger partial charge in [-0.05, 0) is 17.7 Å². The molecule has 2 heterocycles. The van der Waals surface area contributed by atoms with Crippen molar-refractivity contribution in [3.05, 3.63) is 65.9 Å². The van der Waals surface area contributed by atoms with E-state index in [4.69, 9.17) is 9.15 Å². The van der Waals surface area contributed by atoms with E-state index in [0.29, 0.717) is 24.0 Å². The third-order valence-electron chi connectivity index (χ3n) is 3.71. The molecule has 25 heavy (non-hydrogen) atoms. The fraction of sp³-hybridized carbons (Fsp3) is 0.167. The second kappa shape index (κ2) is 6.98. The molecular formula is C18H16N4O2S. The first-order chi connectivity index (χ1) is 12.3. The van der Waals surface area contributed by atoms with Crippen molar-refractivity contribution in [3.8, 4) is 5.75 Å². The molecule has 0 saturated carbocycles. The number of hydrogen-bond donors (Lipinski definition) is 1. The molecular weight excluding hydrogens is 336 g/mol. The highest BCUT2D eigenvalue weighted by Crippen LogP contribution is 2.25. The van der Waals surface area contributed by atoms with Crippen LogP contribution >= 0.6 is 11.8 Å². The summed E-state index contributed by atoms with van der Waals surface area (Å²) in [5.41, 5.74) is 2.99. The molecule has 6 nitrogen and oxygen atoms in total. The highest BCUT2D eigenvalue weighted by atomic mass is 32.2. The van der Waals surface area contributed by atoms with Gasteiger partial charge < -0.3 is 14.1 Å². The Morgan fingerprint density at radius 3 is 2.76 bits per heavy atom. The maximum atomic E-state index is 5.72. The molecule has 0 aliphatic carbocycles. The van der Waals surface area contributed by atoms with Gasteiger partial charge in [0.1, 0.15) is 5.75 Å². The van der Waals surface area contributed by atoms with Crippen LogP contribution in [0.5, 0.6) is 5.75 Å². The summed E-state index contributed by atoms with van der Waals surface area (Å²) in [6.07, 6.45) is 0.642. The van der Waals surface area contributed by atoms with Crippen LogP contribution in [0.1, 0.15) is 17.3 Å². The Bertz CT molecular complexity index is 981. The van der Waals surface area contributed by atoms with E-state index in [0.717, 1.165) is 27.5 Å². The summed E-state index contributed by atoms with van der Waals surface area (Å²) in [5, 5.41) is 9.03. The topological polar surface area (TPSA) is 76.8 Å². The molecule has 1 N–H and O–H groups in total. The van der Waals surface area contributed by atoms with Gasteiger partial charge in [-0.3, -0.25) is 0 Å². The fourth-order valence-corrected chi connectivity index (χ4v) is 3.20. The number of nitrogens with zero attached hydrogens (tertiary/aromatic N) is 3. The molecule has 0 unspecified atom stereocenters. The average molecular weight is 352 g/mol. The van der Waals surface area contributed by atoms with Crippen LogP contribution < -0.4 is 4.74 Å². The van der Waals surface area contributed by atoms with Gasteiger partial charge in [0.2, 0.25) is 11.8 Å². The summed E-state index contributed by atoms with van der Waals surface area (Å²) in [6.45, 7) is 0. The van der Waals surface area contributed by atoms with Gasteiger partial charge in [-0.25, -0.2) is 4.98 Å². The van der Waals surface area contributed by atoms with Crippen LogP contribution in [0.3, 0.4) is 0 Å². The van der Waals surface area contributed by atoms with E-state index in [1.165, 1.54) is 11.8 Å². The normalized spacial score (nSPS) is 11.1. The molecule has 0 spiro atoms. The molecule has 2 aromatic carbocycles. The van der Waals surface area contributed by atoms with Gasteiger partial charge in [0.25, 0.3) is 0 Å². The first-order valence-electron chi connectivity index (χ1n) is 7.82. The number of thioether (sulfide) groups is 1. The number of methoxy groups -OCH3 is 1. The number of aromatic amines is 1. The van der Waals surface area contributed by atoms with E-state index >= 15 is 0 Å². The number of benzene rings is 2. The Morgan fingerprint density at radius 1 is 1.08 bits per heavy atom. The van der Waals surface area contributed by atoms with Gasteiger partial charge >= 0.3 is 0 Å². The van der Waals surface area contributed by atoms with Gasteiger partial charge in [-0.1, -0.05) is 42.1 Å². The molecule has 0 saturated heterocycles. The number of fused-ring (bicyclic) bond motifs is 1. The second-order valence-corrected chi connectivity index (χ2v) is 6.43. The zero-order chi connectivity index (χ0) is 17.1. The lowest BCUT2D eigenvalue weighted by atomic mass is 10.2. The molecule has 0 amide bonds. The molecule has 4 aromatic rings. The summed E-state index contributed by atoms with van der Waals surface area (Å²) in [4.78, 5) is 7.81. The Balaban J connectivity index is 1.41. The maximum Gasteiger partial charge on any atom is 0.226 e. The van der Waals surface area contributed by atoms with Crippen molar-refractivity contribution in [2.24, 2.45) is 0 Å². The van der Waals surface area contributed by atoms with Crippen LogP contribution in [-0.2, 0) is 12.2 Å². The quantitative estimate of drug-likeness (QED) is 0.531. The summed E-state index contributed by atoms with van der Waals surface area (Å²) in [6, 6.07) is 15.8. The number of nitrogens with one attached hydrogen (secondary N) is 1. The van der Waals surface area contributed by atoms with Crippen molar-refractivity contribution in [2.45, 2.75) is 17.3 Å². The van der Waals surface area contributed by atoms with Crippen molar-refractivity contribution >= 4 is 22.8 Å². The molecule has 0 radical (unpaired) electrons. The molecule has 4 rings (SSSR count). The lowest BCUT2D eigenvalue weighted by Crippen LogP contribution is -1.87. The van der Waals surface area contributed by atoms with E-state index in [-0.39, 0.29) is 0 Å². The molecule has 126 valence electrons. The number of aromatic nitrogens is 4. The lowest BCUT2D eigenvalue weighted by Gasteiger charge is -1.96. The van der Waals surface area contributed by atoms with E-state index < -0.39 is 0 Å². The highest BCUT2D eigenvalue weighted by Gasteiger charge is 2.10. The fourth-order valence-electron chi connectivity index (χ4n) is 2.48. The van der Waals surface area contributed by atoms with E-state index in [1.54, 1.807) is 7.11 Å². The van der Waals surface area contributed by atoms with Gasteiger partial charge in [0.15, 0.2) is 5.16 Å². The third-order valence-corrected chi connectivity index (χ3v) is 4.56. The smallest absolute Gasteiger partial charge is 0.226 e. The molecule has 7 heteroatoms. The van der Waals surface area contributed by atoms with Gasteiger partial charge in [-0.15, -0.1) is 10.2 Å². The van der Waals surface area contributed by atoms with Crippen molar-refractivity contribution < 1.29 is 9.15 Å². The minimum atomic E-state index is 0.568. The maximum absolute atomic E-state index is 5.72. The number of ether oxygens (including phenoxy) is 1. The summed E-state index contributed by atoms with van der Waals surface area (Å²) in [5.74, 6) is 2.58. The molecule has 0 bridgehead atoms. The monoisotopic (exact) mass is 352 g/mol. The Hall–Kier alpha value is -2.80. The average Bonchev–Trinajstić information content (AvgIpc) is 3.26. The minimum absolute atomic E-state index is 0.568. The van der Waals surface area contributed by atoms with E-state index in [2.05, 4.69) is 20.2 Å². The van der Waals surface area contributed by atoms with Crippen LogP contribution in [-0.4, -0.2) is 27.3 Å². The van der Waals surface area contributed by atoms with Crippen LogP contribution in [0, 0.1) is 0 Å². The summed E-state index contributed by atoms with van der Waals surface area (Å²) in [7, 11) is 1.65. The number of rotatable bonds is 6. The Labute approximate surface area is 148 Å². The zero-order valence-corrected chi connectivity index (χ0v) is 14.4. The Morgan fingerprint density at radius 2 is 1.92 bits per heavy atom. The largest absolute Gasteiger partial charge is 0.497 e. The van der Waals surface area contributed by atoms with Crippen LogP contribution in [0.25, 0.3) is 11.0 Å². The number of hydrogen-bond acceptors (Lipinski definition) is 6. The highest BCUT2D eigenvalue weighted by molar-refractivity contribution is 7.98. The van der Waals surface area contributed by atoms with Crippen molar-refractivity contribution in [1.29, 1.82) is 0 Å². The minimum Gasteiger partial charge on any atom is -0.497 e. The molecule has 0 aliphatic heterocycles. The van der Waals surface area contributed by atoms with Gasteiger partial charge in [0.05, 0.1) is 30.3 Å². The van der Waals surface area contributed by atoms with Gasteiger partial charge in [0, 0.05) is 6.07 Å². The number of H-pyrrole nitrogens is 1. The molecule has 0 fully saturated rings. The van der Waals surface area contributed by atoms with E-state index in [9.17, 15) is 0 Å². The van der Waals surface area contributed by atoms with E-state index in [1.807, 2.05) is 48.5 Å². The van der Waals surface area contributed by atoms with Gasteiger partial charge in [-0.2, -0.15) is 0 Å². The van der Waals surface area contributed by atoms with Crippen molar-refractivity contribution in [1.82, 2.24) is 20.2 Å². The predicted octanol–water partition coefficient (Wildman–Crippen LogP) is 3.84. The molecule has 2 aromatic heterocycles. The third kappa shape index (κ3) is 3.66. The van der Waals surface area contributed by atoms with Crippen molar-refractivity contribution in [2.75, 3.05) is 7.11 Å². The van der Waals surface area contributed by atoms with Crippen LogP contribution in [0.15, 0.2) is 58.1 Å². The summed E-state index contributed by atoms with van der Waals surface area (Å²) < 4.78 is 10.9. The lowest BCUT2D eigenvalue weighted by molar-refractivity contribution is 0.415. The number of imidazole rings is 1. The Kier molecular flexibility index (Phi) is 4.39. The predicted molar refractivity (Wildman–Crippen MR) is 95.8 cm³/mol. The van der Waals surface area contributed by atoms with Crippen LogP contribution in [0.2, 0.25) is 0 Å². The van der Waals surface area contributed by atoms with Crippen LogP contribution in [0.4, 0.5) is 0 Å². The summed E-state index contributed by atoms with van der Waals surface area (Å²) >= 11 is 1.53. The second-order valence-electron chi connectivity index (χ2n) is 5.47. The first kappa shape index (κ1) is 15.7. The zero-order valence-electron chi connectivity index (χ0n) is 13.6. The first-order valence-corrected chi connectivity index (χ1v) is 8.80. The molecule has 0 atom stereocenters. The SMILES string of the molecule is COc1ccc2nc(SCc3nnc(Cc4ccccc4)o3)[nH]c2c1.